The van der Waals surface area contributed by atoms with Crippen molar-refractivity contribution in [3.05, 3.63) is 28.3 Å². The van der Waals surface area contributed by atoms with E-state index in [9.17, 15) is 19.7 Å². The Balaban J connectivity index is 1.54. The number of anilines is 1. The fourth-order valence-electron chi connectivity index (χ4n) is 3.77. The van der Waals surface area contributed by atoms with Crippen molar-refractivity contribution in [2.24, 2.45) is 11.8 Å². The van der Waals surface area contributed by atoms with Crippen LogP contribution in [0.15, 0.2) is 18.2 Å². The molecule has 0 aliphatic carbocycles. The van der Waals surface area contributed by atoms with Crippen molar-refractivity contribution in [3.8, 4) is 5.75 Å². The molecule has 1 N–H and O–H groups in total. The molecule has 4 rings (SSSR count). The van der Waals surface area contributed by atoms with E-state index < -0.39 is 4.92 Å². The summed E-state index contributed by atoms with van der Waals surface area (Å²) in [5.74, 6) is 0.806. The summed E-state index contributed by atoms with van der Waals surface area (Å²) in [7, 11) is 0. The van der Waals surface area contributed by atoms with Gasteiger partial charge in [0.2, 0.25) is 5.91 Å². The number of nitrogens with one attached hydrogen (secondary N) is 1. The summed E-state index contributed by atoms with van der Waals surface area (Å²) in [6.45, 7) is 2.92. The second-order valence-electron chi connectivity index (χ2n) is 6.65. The molecular weight excluding hydrogens is 328 g/mol. The summed E-state index contributed by atoms with van der Waals surface area (Å²) >= 11 is 0. The highest BCUT2D eigenvalue weighted by atomic mass is 16.6. The van der Waals surface area contributed by atoms with E-state index in [4.69, 9.17) is 4.74 Å². The zero-order chi connectivity index (χ0) is 17.6. The predicted molar refractivity (Wildman–Crippen MR) is 87.4 cm³/mol. The molecule has 0 aromatic heterocycles. The Kier molecular flexibility index (Phi) is 3.79. The van der Waals surface area contributed by atoms with Crippen LogP contribution in [0.5, 0.6) is 5.75 Å². The lowest BCUT2D eigenvalue weighted by molar-refractivity contribution is -0.384. The van der Waals surface area contributed by atoms with Crippen LogP contribution in [0.2, 0.25) is 0 Å². The van der Waals surface area contributed by atoms with Gasteiger partial charge in [0.1, 0.15) is 12.3 Å². The fraction of sp³-hybridized carbons (Fsp3) is 0.500. The standard InChI is InChI=1S/C16H18N4O5/c21-15(18-6-10-4-17-5-11(10)7-18)8-19-13-3-12(20(23)24)1-2-14(13)25-9-16(19)22/h1-3,10-11,17H,4-9H2/t10-,11+. The first-order valence-electron chi connectivity index (χ1n) is 8.23. The normalized spacial score (nSPS) is 24.7. The van der Waals surface area contributed by atoms with E-state index in [-0.39, 0.29) is 36.3 Å². The first-order chi connectivity index (χ1) is 12.0. The lowest BCUT2D eigenvalue weighted by Crippen LogP contribution is -2.46. The van der Waals surface area contributed by atoms with E-state index in [0.29, 0.717) is 30.7 Å². The van der Waals surface area contributed by atoms with Crippen LogP contribution in [-0.2, 0) is 9.59 Å². The number of rotatable bonds is 3. The molecule has 2 atom stereocenters. The molecule has 0 saturated carbocycles. The van der Waals surface area contributed by atoms with E-state index in [1.54, 1.807) is 4.90 Å². The lowest BCUT2D eigenvalue weighted by atomic mass is 10.0. The molecule has 2 fully saturated rings. The van der Waals surface area contributed by atoms with Gasteiger partial charge in [0.05, 0.1) is 10.6 Å². The number of nitrogens with zero attached hydrogens (tertiary/aromatic N) is 3. The van der Waals surface area contributed by atoms with Gasteiger partial charge in [-0.25, -0.2) is 0 Å². The van der Waals surface area contributed by atoms with E-state index in [0.717, 1.165) is 13.1 Å². The number of likely N-dealkylation sites (tertiary alicyclic amines) is 1. The number of ether oxygens (including phenoxy) is 1. The molecule has 0 spiro atoms. The van der Waals surface area contributed by atoms with Crippen LogP contribution >= 0.6 is 0 Å². The molecule has 3 aliphatic rings. The number of nitro benzene ring substituents is 1. The van der Waals surface area contributed by atoms with Gasteiger partial charge in [-0.3, -0.25) is 24.6 Å². The molecule has 1 aromatic rings. The molecule has 3 aliphatic heterocycles. The third-order valence-corrected chi connectivity index (χ3v) is 5.13. The Hall–Kier alpha value is -2.68. The highest BCUT2D eigenvalue weighted by Crippen LogP contribution is 2.35. The van der Waals surface area contributed by atoms with E-state index in [2.05, 4.69) is 5.32 Å². The zero-order valence-corrected chi connectivity index (χ0v) is 13.5. The minimum Gasteiger partial charge on any atom is -0.482 e. The molecule has 0 radical (unpaired) electrons. The highest BCUT2D eigenvalue weighted by Gasteiger charge is 2.39. The van der Waals surface area contributed by atoms with Crippen molar-refractivity contribution in [1.29, 1.82) is 0 Å². The molecule has 3 heterocycles. The van der Waals surface area contributed by atoms with Crippen LogP contribution in [0.25, 0.3) is 0 Å². The largest absolute Gasteiger partial charge is 0.482 e. The Bertz CT molecular complexity index is 740. The summed E-state index contributed by atoms with van der Waals surface area (Å²) < 4.78 is 5.32. The van der Waals surface area contributed by atoms with Crippen LogP contribution in [-0.4, -0.2) is 61.0 Å². The Morgan fingerprint density at radius 1 is 1.32 bits per heavy atom. The van der Waals surface area contributed by atoms with E-state index >= 15 is 0 Å². The van der Waals surface area contributed by atoms with Crippen molar-refractivity contribution in [3.63, 3.8) is 0 Å². The second kappa shape index (κ2) is 5.99. The van der Waals surface area contributed by atoms with Crippen molar-refractivity contribution in [1.82, 2.24) is 10.2 Å². The van der Waals surface area contributed by atoms with Gasteiger partial charge in [-0.1, -0.05) is 0 Å². The van der Waals surface area contributed by atoms with Gasteiger partial charge in [0.25, 0.3) is 11.6 Å². The Morgan fingerprint density at radius 3 is 2.72 bits per heavy atom. The third kappa shape index (κ3) is 2.80. The Labute approximate surface area is 143 Å². The lowest BCUT2D eigenvalue weighted by Gasteiger charge is -2.30. The molecule has 9 nitrogen and oxygen atoms in total. The van der Waals surface area contributed by atoms with Gasteiger partial charge < -0.3 is 15.0 Å². The Morgan fingerprint density at radius 2 is 2.04 bits per heavy atom. The number of fused-ring (bicyclic) bond motifs is 2. The molecule has 2 saturated heterocycles. The predicted octanol–water partition coefficient (Wildman–Crippen LogP) is -0.00200. The highest BCUT2D eigenvalue weighted by molar-refractivity contribution is 6.02. The quantitative estimate of drug-likeness (QED) is 0.610. The number of amides is 2. The molecule has 0 unspecified atom stereocenters. The van der Waals surface area contributed by atoms with Gasteiger partial charge in [0.15, 0.2) is 6.61 Å². The number of carbonyl (C=O) groups excluding carboxylic acids is 2. The maximum atomic E-state index is 12.7. The minimum absolute atomic E-state index is 0.122. The maximum absolute atomic E-state index is 12.7. The van der Waals surface area contributed by atoms with Crippen LogP contribution in [0.3, 0.4) is 0 Å². The summed E-state index contributed by atoms with van der Waals surface area (Å²) in [5.41, 5.74) is 0.135. The van der Waals surface area contributed by atoms with E-state index in [1.807, 2.05) is 0 Å². The second-order valence-corrected chi connectivity index (χ2v) is 6.65. The van der Waals surface area contributed by atoms with Gasteiger partial charge in [0, 0.05) is 38.3 Å². The summed E-state index contributed by atoms with van der Waals surface area (Å²) in [4.78, 5) is 38.4. The summed E-state index contributed by atoms with van der Waals surface area (Å²) in [6.07, 6.45) is 0. The van der Waals surface area contributed by atoms with Gasteiger partial charge in [-0.2, -0.15) is 0 Å². The molecule has 25 heavy (non-hydrogen) atoms. The maximum Gasteiger partial charge on any atom is 0.271 e. The average molecular weight is 346 g/mol. The van der Waals surface area contributed by atoms with Crippen LogP contribution in [0.1, 0.15) is 0 Å². The monoisotopic (exact) mass is 346 g/mol. The number of hydrogen-bond acceptors (Lipinski definition) is 6. The number of carbonyl (C=O) groups is 2. The zero-order valence-electron chi connectivity index (χ0n) is 13.5. The smallest absolute Gasteiger partial charge is 0.271 e. The van der Waals surface area contributed by atoms with Crippen molar-refractivity contribution < 1.29 is 19.2 Å². The first kappa shape index (κ1) is 15.8. The van der Waals surface area contributed by atoms with Crippen LogP contribution < -0.4 is 15.0 Å². The molecular formula is C16H18N4O5. The summed E-state index contributed by atoms with van der Waals surface area (Å²) in [6, 6.07) is 4.06. The van der Waals surface area contributed by atoms with Gasteiger partial charge >= 0.3 is 0 Å². The topological polar surface area (TPSA) is 105 Å². The van der Waals surface area contributed by atoms with E-state index in [1.165, 1.54) is 23.1 Å². The van der Waals surface area contributed by atoms with Gasteiger partial charge in [-0.15, -0.1) is 0 Å². The van der Waals surface area contributed by atoms with Crippen molar-refractivity contribution in [2.45, 2.75) is 0 Å². The number of non-ortho nitro benzene ring substituents is 1. The number of benzene rings is 1. The molecule has 132 valence electrons. The van der Waals surface area contributed by atoms with Gasteiger partial charge in [-0.05, 0) is 17.9 Å². The molecule has 2 amide bonds. The molecule has 9 heteroatoms. The SMILES string of the molecule is O=C(CN1C(=O)COc2ccc([N+](=O)[O-])cc21)N1C[C@H]2CNC[C@H]2C1. The number of hydrogen-bond donors (Lipinski definition) is 1. The third-order valence-electron chi connectivity index (χ3n) is 5.13. The first-order valence-corrected chi connectivity index (χ1v) is 8.23. The minimum atomic E-state index is -0.534. The molecule has 0 bridgehead atoms. The fourth-order valence-corrected chi connectivity index (χ4v) is 3.77. The average Bonchev–Trinajstić information content (AvgIpc) is 3.18. The van der Waals surface area contributed by atoms with Crippen molar-refractivity contribution in [2.75, 3.05) is 44.2 Å². The summed E-state index contributed by atoms with van der Waals surface area (Å²) in [5, 5.41) is 14.3. The van der Waals surface area contributed by atoms with Crippen molar-refractivity contribution >= 4 is 23.2 Å². The number of nitro groups is 1. The van der Waals surface area contributed by atoms with Crippen LogP contribution in [0.4, 0.5) is 11.4 Å². The molecule has 1 aromatic carbocycles. The van der Waals surface area contributed by atoms with Crippen LogP contribution in [0, 0.1) is 22.0 Å².